The molecule has 2 aromatic heterocycles. The number of pyridine rings is 1. The van der Waals surface area contributed by atoms with Crippen LogP contribution in [-0.2, 0) is 6.54 Å². The van der Waals surface area contributed by atoms with E-state index in [0.717, 1.165) is 15.9 Å². The molecule has 0 spiro atoms. The topological polar surface area (TPSA) is 91.2 Å². The second kappa shape index (κ2) is 6.69. The lowest BCUT2D eigenvalue weighted by Crippen LogP contribution is -2.28. The Morgan fingerprint density at radius 3 is 2.54 bits per heavy atom. The summed E-state index contributed by atoms with van der Waals surface area (Å²) in [6, 6.07) is 12.3. The highest BCUT2D eigenvalue weighted by molar-refractivity contribution is 6.31. The molecule has 0 unspecified atom stereocenters. The predicted octanol–water partition coefficient (Wildman–Crippen LogP) is 2.71. The van der Waals surface area contributed by atoms with Crippen LogP contribution in [-0.4, -0.2) is 34.0 Å². The van der Waals surface area contributed by atoms with Crippen molar-refractivity contribution in [1.82, 2.24) is 14.8 Å². The van der Waals surface area contributed by atoms with Crippen LogP contribution in [0.25, 0.3) is 21.8 Å². The lowest BCUT2D eigenvalue weighted by atomic mass is 10.1. The van der Waals surface area contributed by atoms with Crippen molar-refractivity contribution in [2.45, 2.75) is 6.54 Å². The molecule has 142 valence electrons. The number of anilines is 1. The van der Waals surface area contributed by atoms with Crippen molar-refractivity contribution < 1.29 is 5.11 Å². The molecular weight excluding hydrogens is 380 g/mol. The minimum Gasteiger partial charge on any atom is -0.491 e. The van der Waals surface area contributed by atoms with Crippen molar-refractivity contribution in [1.29, 1.82) is 0 Å². The van der Waals surface area contributed by atoms with Gasteiger partial charge < -0.3 is 15.0 Å². The molecule has 8 heteroatoms. The molecule has 0 bridgehead atoms. The summed E-state index contributed by atoms with van der Waals surface area (Å²) in [6.45, 7) is 0.133. The summed E-state index contributed by atoms with van der Waals surface area (Å²) < 4.78 is 1.10. The van der Waals surface area contributed by atoms with Crippen molar-refractivity contribution in [3.8, 4) is 5.88 Å². The van der Waals surface area contributed by atoms with Crippen molar-refractivity contribution in [2.75, 3.05) is 19.0 Å². The summed E-state index contributed by atoms with van der Waals surface area (Å²) in [7, 11) is 3.87. The molecule has 0 fully saturated rings. The van der Waals surface area contributed by atoms with Gasteiger partial charge in [-0.1, -0.05) is 23.7 Å². The Morgan fingerprint density at radius 1 is 1.14 bits per heavy atom. The minimum absolute atomic E-state index is 0.00368. The first-order valence-electron chi connectivity index (χ1n) is 8.57. The number of nitrogens with one attached hydrogen (secondary N) is 1. The Morgan fingerprint density at radius 2 is 1.86 bits per heavy atom. The van der Waals surface area contributed by atoms with Gasteiger partial charge in [0.2, 0.25) is 5.43 Å². The van der Waals surface area contributed by atoms with Crippen LogP contribution in [0.4, 0.5) is 5.69 Å². The lowest BCUT2D eigenvalue weighted by Gasteiger charge is -2.13. The van der Waals surface area contributed by atoms with Gasteiger partial charge in [0.25, 0.3) is 11.4 Å². The van der Waals surface area contributed by atoms with Crippen LogP contribution in [0.15, 0.2) is 52.1 Å². The quantitative estimate of drug-likeness (QED) is 0.519. The monoisotopic (exact) mass is 396 g/mol. The zero-order valence-corrected chi connectivity index (χ0v) is 16.0. The maximum Gasteiger partial charge on any atom is 0.280 e. The summed E-state index contributed by atoms with van der Waals surface area (Å²) in [5.41, 5.74) is 1.24. The number of rotatable bonds is 3. The number of fused-ring (bicyclic) bond motifs is 2. The van der Waals surface area contributed by atoms with Gasteiger partial charge in [0.15, 0.2) is 0 Å². The molecule has 2 heterocycles. The number of aromatic hydroxyl groups is 1. The molecule has 0 aliphatic carbocycles. The molecule has 0 saturated heterocycles. The third kappa shape index (κ3) is 2.99. The number of aromatic nitrogens is 3. The number of hydrogen-bond donors (Lipinski definition) is 2. The van der Waals surface area contributed by atoms with Crippen LogP contribution in [0.5, 0.6) is 5.88 Å². The zero-order valence-electron chi connectivity index (χ0n) is 15.2. The molecule has 4 aromatic rings. The average molecular weight is 397 g/mol. The highest BCUT2D eigenvalue weighted by atomic mass is 35.5. The first kappa shape index (κ1) is 18.1. The van der Waals surface area contributed by atoms with Crippen LogP contribution in [0.1, 0.15) is 5.56 Å². The van der Waals surface area contributed by atoms with E-state index in [1.54, 1.807) is 18.2 Å². The molecule has 7 nitrogen and oxygen atoms in total. The summed E-state index contributed by atoms with van der Waals surface area (Å²) >= 11 is 5.97. The van der Waals surface area contributed by atoms with E-state index >= 15 is 0 Å². The smallest absolute Gasteiger partial charge is 0.280 e. The van der Waals surface area contributed by atoms with Crippen LogP contribution in [0, 0.1) is 0 Å². The van der Waals surface area contributed by atoms with E-state index < -0.39 is 16.9 Å². The van der Waals surface area contributed by atoms with Crippen LogP contribution < -0.4 is 15.9 Å². The average Bonchev–Trinajstić information content (AvgIpc) is 2.66. The fourth-order valence-electron chi connectivity index (χ4n) is 3.15. The molecule has 0 aliphatic heterocycles. The Hall–Kier alpha value is -3.32. The number of halogens is 1. The molecule has 0 aliphatic rings. The van der Waals surface area contributed by atoms with Gasteiger partial charge >= 0.3 is 0 Å². The van der Waals surface area contributed by atoms with Gasteiger partial charge in [-0.05, 0) is 35.9 Å². The molecule has 4 rings (SSSR count). The largest absolute Gasteiger partial charge is 0.491 e. The minimum atomic E-state index is -0.567. The summed E-state index contributed by atoms with van der Waals surface area (Å²) in [6.07, 6.45) is 0. The molecule has 0 amide bonds. The third-order valence-electron chi connectivity index (χ3n) is 4.64. The van der Waals surface area contributed by atoms with Gasteiger partial charge in [0.05, 0.1) is 12.1 Å². The van der Waals surface area contributed by atoms with E-state index in [9.17, 15) is 14.7 Å². The Labute approximate surface area is 164 Å². The summed E-state index contributed by atoms with van der Waals surface area (Å²) in [4.78, 5) is 30.7. The van der Waals surface area contributed by atoms with E-state index in [0.29, 0.717) is 15.9 Å². The van der Waals surface area contributed by atoms with Crippen molar-refractivity contribution in [3.63, 3.8) is 0 Å². The maximum absolute atomic E-state index is 12.9. The van der Waals surface area contributed by atoms with Gasteiger partial charge in [-0.3, -0.25) is 9.59 Å². The molecule has 28 heavy (non-hydrogen) atoms. The number of aromatic amines is 1. The number of nitrogens with zero attached hydrogens (tertiary/aromatic N) is 3. The number of hydrogen-bond acceptors (Lipinski definition) is 5. The molecule has 0 radical (unpaired) electrons. The SMILES string of the molecule is CN(C)c1ccc(Cn2nc(O)c3[nH]c4cc(Cl)ccc4c(=O)c3c2=O)cc1. The molecule has 2 aromatic carbocycles. The number of H-pyrrole nitrogens is 1. The van der Waals surface area contributed by atoms with Gasteiger partial charge in [0.1, 0.15) is 10.9 Å². The Kier molecular flexibility index (Phi) is 4.31. The van der Waals surface area contributed by atoms with Crippen molar-refractivity contribution in [2.24, 2.45) is 0 Å². The van der Waals surface area contributed by atoms with Gasteiger partial charge in [-0.2, -0.15) is 0 Å². The molecule has 2 N–H and O–H groups in total. The van der Waals surface area contributed by atoms with E-state index in [2.05, 4.69) is 10.1 Å². The maximum atomic E-state index is 12.9. The molecular formula is C20H17ClN4O3. The van der Waals surface area contributed by atoms with Crippen LogP contribution in [0.3, 0.4) is 0 Å². The van der Waals surface area contributed by atoms with E-state index in [1.165, 1.54) is 0 Å². The first-order valence-corrected chi connectivity index (χ1v) is 8.94. The fraction of sp³-hybridized carbons (Fsp3) is 0.150. The fourth-order valence-corrected chi connectivity index (χ4v) is 3.33. The van der Waals surface area contributed by atoms with Gasteiger partial charge in [-0.25, -0.2) is 4.68 Å². The zero-order chi connectivity index (χ0) is 20.0. The van der Waals surface area contributed by atoms with Crippen LogP contribution >= 0.6 is 11.6 Å². The molecule has 0 atom stereocenters. The summed E-state index contributed by atoms with van der Waals surface area (Å²) in [5.74, 6) is -0.418. The van der Waals surface area contributed by atoms with E-state index in [-0.39, 0.29) is 17.4 Å². The highest BCUT2D eigenvalue weighted by Gasteiger charge is 2.16. The van der Waals surface area contributed by atoms with Crippen LogP contribution in [0.2, 0.25) is 5.02 Å². The standard InChI is InChI=1S/C20H17ClN4O3/c1-24(2)13-6-3-11(4-7-13)10-25-20(28)16-17(19(27)23-25)22-15-9-12(21)5-8-14(15)18(16)26/h3-9H,10H2,1-2H3,(H,22,26)(H,23,27). The van der Waals surface area contributed by atoms with E-state index in [4.69, 9.17) is 11.6 Å². The van der Waals surface area contributed by atoms with Gasteiger partial charge in [-0.15, -0.1) is 5.10 Å². The van der Waals surface area contributed by atoms with Crippen molar-refractivity contribution in [3.05, 3.63) is 73.6 Å². The summed E-state index contributed by atoms with van der Waals surface area (Å²) in [5, 5.41) is 14.9. The third-order valence-corrected chi connectivity index (χ3v) is 4.87. The second-order valence-electron chi connectivity index (χ2n) is 6.74. The normalized spacial score (nSPS) is 11.2. The Bertz CT molecular complexity index is 1320. The predicted molar refractivity (Wildman–Crippen MR) is 111 cm³/mol. The molecule has 0 saturated carbocycles. The Balaban J connectivity index is 1.89. The lowest BCUT2D eigenvalue weighted by molar-refractivity contribution is 0.431. The van der Waals surface area contributed by atoms with E-state index in [1.807, 2.05) is 43.3 Å². The van der Waals surface area contributed by atoms with Crippen molar-refractivity contribution >= 4 is 39.1 Å². The van der Waals surface area contributed by atoms with Gasteiger partial charge in [0, 0.05) is 30.2 Å². The highest BCUT2D eigenvalue weighted by Crippen LogP contribution is 2.21. The number of benzene rings is 2. The first-order chi connectivity index (χ1) is 13.3. The second-order valence-corrected chi connectivity index (χ2v) is 7.18.